The number of rotatable bonds is 6. The summed E-state index contributed by atoms with van der Waals surface area (Å²) in [5.41, 5.74) is 6.40. The fourth-order valence-electron chi connectivity index (χ4n) is 2.28. The van der Waals surface area contributed by atoms with Crippen molar-refractivity contribution >= 4 is 5.97 Å². The molecular formula is C14H21NO3. The molecular weight excluding hydrogens is 230 g/mol. The fraction of sp³-hybridized carbons (Fsp3) is 0.500. The molecule has 0 amide bonds. The Hall–Kier alpha value is -1.39. The van der Waals surface area contributed by atoms with Gasteiger partial charge in [0.05, 0.1) is 6.10 Å². The molecule has 0 spiro atoms. The predicted octanol–water partition coefficient (Wildman–Crippen LogP) is 1.70. The lowest BCUT2D eigenvalue weighted by Crippen LogP contribution is -2.46. The van der Waals surface area contributed by atoms with Crippen LogP contribution < -0.4 is 5.73 Å². The molecule has 2 atom stereocenters. The quantitative estimate of drug-likeness (QED) is 0.807. The van der Waals surface area contributed by atoms with Crippen LogP contribution >= 0.6 is 0 Å². The van der Waals surface area contributed by atoms with Gasteiger partial charge in [-0.05, 0) is 31.4 Å². The molecule has 0 heterocycles. The van der Waals surface area contributed by atoms with Crippen molar-refractivity contribution in [2.24, 2.45) is 5.73 Å². The summed E-state index contributed by atoms with van der Waals surface area (Å²) in [4.78, 5) is 11.7. The molecule has 4 heteroatoms. The van der Waals surface area contributed by atoms with E-state index in [1.54, 1.807) is 7.11 Å². The number of aliphatic carboxylic acids is 1. The molecule has 0 saturated heterocycles. The first-order chi connectivity index (χ1) is 8.47. The van der Waals surface area contributed by atoms with E-state index in [9.17, 15) is 9.90 Å². The van der Waals surface area contributed by atoms with Crippen LogP contribution in [0, 0.1) is 6.92 Å². The number of aryl methyl sites for hydroxylation is 1. The second-order valence-corrected chi connectivity index (χ2v) is 4.66. The fourth-order valence-corrected chi connectivity index (χ4v) is 2.28. The van der Waals surface area contributed by atoms with Crippen molar-refractivity contribution in [3.8, 4) is 0 Å². The van der Waals surface area contributed by atoms with Crippen LogP contribution in [0.4, 0.5) is 0 Å². The number of hydrogen-bond donors (Lipinski definition) is 2. The smallest absolute Gasteiger partial charge is 0.315 e. The minimum Gasteiger partial charge on any atom is -0.481 e. The first-order valence-corrected chi connectivity index (χ1v) is 6.00. The van der Waals surface area contributed by atoms with Crippen molar-refractivity contribution < 1.29 is 14.6 Å². The van der Waals surface area contributed by atoms with E-state index in [4.69, 9.17) is 10.5 Å². The second-order valence-electron chi connectivity index (χ2n) is 4.66. The summed E-state index contributed by atoms with van der Waals surface area (Å²) in [6.07, 6.45) is 0.199. The Bertz CT molecular complexity index is 419. The number of hydrogen-bond acceptors (Lipinski definition) is 3. The monoisotopic (exact) mass is 251 g/mol. The van der Waals surface area contributed by atoms with E-state index in [0.717, 1.165) is 11.1 Å². The van der Waals surface area contributed by atoms with E-state index in [1.807, 2.05) is 38.1 Å². The zero-order valence-electron chi connectivity index (χ0n) is 11.1. The Labute approximate surface area is 108 Å². The summed E-state index contributed by atoms with van der Waals surface area (Å²) in [6.45, 7) is 3.81. The third kappa shape index (κ3) is 2.71. The van der Waals surface area contributed by atoms with Crippen molar-refractivity contribution in [2.45, 2.75) is 31.8 Å². The lowest BCUT2D eigenvalue weighted by Gasteiger charge is -2.32. The Morgan fingerprint density at radius 1 is 1.50 bits per heavy atom. The standard InChI is InChI=1S/C14H21NO3/c1-10-6-4-5-7-12(10)14(9-15,13(16)17)8-11(2)18-3/h4-7,11H,8-9,15H2,1-3H3,(H,16,17). The third-order valence-electron chi connectivity index (χ3n) is 3.46. The summed E-state index contributed by atoms with van der Waals surface area (Å²) >= 11 is 0. The molecule has 0 aliphatic rings. The van der Waals surface area contributed by atoms with Crippen LogP contribution in [0.15, 0.2) is 24.3 Å². The molecule has 18 heavy (non-hydrogen) atoms. The highest BCUT2D eigenvalue weighted by atomic mass is 16.5. The van der Waals surface area contributed by atoms with Crippen molar-refractivity contribution in [1.29, 1.82) is 0 Å². The molecule has 0 saturated carbocycles. The van der Waals surface area contributed by atoms with Crippen molar-refractivity contribution in [3.63, 3.8) is 0 Å². The van der Waals surface area contributed by atoms with Gasteiger partial charge in [-0.2, -0.15) is 0 Å². The largest absolute Gasteiger partial charge is 0.481 e. The van der Waals surface area contributed by atoms with E-state index in [-0.39, 0.29) is 12.6 Å². The van der Waals surface area contributed by atoms with Gasteiger partial charge in [-0.25, -0.2) is 0 Å². The topological polar surface area (TPSA) is 72.5 Å². The molecule has 0 aliphatic carbocycles. The lowest BCUT2D eigenvalue weighted by molar-refractivity contribution is -0.145. The first-order valence-electron chi connectivity index (χ1n) is 6.00. The molecule has 100 valence electrons. The van der Waals surface area contributed by atoms with Crippen molar-refractivity contribution in [2.75, 3.05) is 13.7 Å². The van der Waals surface area contributed by atoms with Gasteiger partial charge in [0.25, 0.3) is 0 Å². The van der Waals surface area contributed by atoms with E-state index in [1.165, 1.54) is 0 Å². The summed E-state index contributed by atoms with van der Waals surface area (Å²) in [6, 6.07) is 7.47. The molecule has 0 fully saturated rings. The number of carbonyl (C=O) groups is 1. The number of ether oxygens (including phenoxy) is 1. The van der Waals surface area contributed by atoms with Crippen LogP contribution in [0.25, 0.3) is 0 Å². The summed E-state index contributed by atoms with van der Waals surface area (Å²) < 4.78 is 5.20. The summed E-state index contributed by atoms with van der Waals surface area (Å²) in [5.74, 6) is -0.900. The maximum atomic E-state index is 11.7. The van der Waals surface area contributed by atoms with Crippen LogP contribution in [0.3, 0.4) is 0 Å². The van der Waals surface area contributed by atoms with Gasteiger partial charge in [0, 0.05) is 13.7 Å². The molecule has 0 radical (unpaired) electrons. The summed E-state index contributed by atoms with van der Waals surface area (Å²) in [7, 11) is 1.58. The van der Waals surface area contributed by atoms with Gasteiger partial charge in [0.15, 0.2) is 0 Å². The van der Waals surface area contributed by atoms with Gasteiger partial charge in [-0.15, -0.1) is 0 Å². The Morgan fingerprint density at radius 2 is 2.11 bits per heavy atom. The minimum absolute atomic E-state index is 0.0564. The number of carboxylic acids is 1. The minimum atomic E-state index is -1.08. The van der Waals surface area contributed by atoms with Crippen LogP contribution in [-0.4, -0.2) is 30.8 Å². The maximum Gasteiger partial charge on any atom is 0.315 e. The Kier molecular flexibility index (Phi) is 4.87. The van der Waals surface area contributed by atoms with E-state index in [2.05, 4.69) is 0 Å². The first kappa shape index (κ1) is 14.7. The zero-order chi connectivity index (χ0) is 13.8. The van der Waals surface area contributed by atoms with Crippen LogP contribution in [0.2, 0.25) is 0 Å². The molecule has 1 rings (SSSR count). The highest BCUT2D eigenvalue weighted by Gasteiger charge is 2.41. The lowest BCUT2D eigenvalue weighted by atomic mass is 9.74. The molecule has 0 aliphatic heterocycles. The molecule has 0 bridgehead atoms. The van der Waals surface area contributed by atoms with Gasteiger partial charge >= 0.3 is 5.97 Å². The molecule has 1 aromatic carbocycles. The molecule has 4 nitrogen and oxygen atoms in total. The molecule has 0 aromatic heterocycles. The predicted molar refractivity (Wildman–Crippen MR) is 70.6 cm³/mol. The average molecular weight is 251 g/mol. The zero-order valence-corrected chi connectivity index (χ0v) is 11.1. The molecule has 1 aromatic rings. The van der Waals surface area contributed by atoms with Crippen LogP contribution in [-0.2, 0) is 14.9 Å². The summed E-state index contributed by atoms with van der Waals surface area (Å²) in [5, 5.41) is 9.61. The van der Waals surface area contributed by atoms with Crippen molar-refractivity contribution in [3.05, 3.63) is 35.4 Å². The Balaban J connectivity index is 3.28. The van der Waals surface area contributed by atoms with E-state index >= 15 is 0 Å². The van der Waals surface area contributed by atoms with Crippen LogP contribution in [0.5, 0.6) is 0 Å². The van der Waals surface area contributed by atoms with Gasteiger partial charge in [-0.3, -0.25) is 4.79 Å². The van der Waals surface area contributed by atoms with Crippen molar-refractivity contribution in [1.82, 2.24) is 0 Å². The van der Waals surface area contributed by atoms with Gasteiger partial charge in [0.1, 0.15) is 5.41 Å². The number of methoxy groups -OCH3 is 1. The third-order valence-corrected chi connectivity index (χ3v) is 3.46. The Morgan fingerprint density at radius 3 is 2.56 bits per heavy atom. The van der Waals surface area contributed by atoms with Gasteiger partial charge < -0.3 is 15.6 Å². The number of benzene rings is 1. The number of carboxylic acid groups (broad SMARTS) is 1. The molecule has 2 unspecified atom stereocenters. The SMILES string of the molecule is COC(C)CC(CN)(C(=O)O)c1ccccc1C. The highest BCUT2D eigenvalue weighted by molar-refractivity contribution is 5.82. The molecule has 3 N–H and O–H groups in total. The number of nitrogens with two attached hydrogens (primary N) is 1. The maximum absolute atomic E-state index is 11.7. The van der Waals surface area contributed by atoms with Gasteiger partial charge in [0.2, 0.25) is 0 Å². The second kappa shape index (κ2) is 5.98. The van der Waals surface area contributed by atoms with Gasteiger partial charge in [-0.1, -0.05) is 24.3 Å². The normalized spacial score (nSPS) is 16.0. The van der Waals surface area contributed by atoms with E-state index < -0.39 is 11.4 Å². The highest BCUT2D eigenvalue weighted by Crippen LogP contribution is 2.32. The average Bonchev–Trinajstić information content (AvgIpc) is 2.36. The van der Waals surface area contributed by atoms with E-state index in [0.29, 0.717) is 6.42 Å². The van der Waals surface area contributed by atoms with Crippen LogP contribution in [0.1, 0.15) is 24.5 Å².